The largest absolute Gasteiger partial charge is 0.183 e. The molecule has 2 rings (SSSR count). The summed E-state index contributed by atoms with van der Waals surface area (Å²) in [5, 5.41) is 11.0. The Balaban J connectivity index is 2.78. The van der Waals surface area contributed by atoms with E-state index in [-0.39, 0.29) is 10.5 Å². The summed E-state index contributed by atoms with van der Waals surface area (Å²) in [4.78, 5) is 0. The van der Waals surface area contributed by atoms with Crippen LogP contribution in [0.2, 0.25) is 0 Å². The molecule has 0 aliphatic carbocycles. The zero-order valence-electron chi connectivity index (χ0n) is 17.4. The van der Waals surface area contributed by atoms with Crippen molar-refractivity contribution in [3.8, 4) is 0 Å². The Hall–Kier alpha value is -1.12. The average Bonchev–Trinajstić information content (AvgIpc) is 2.58. The molecule has 0 aromatic heterocycles. The number of hydrogen-bond donors (Lipinski definition) is 0. The summed E-state index contributed by atoms with van der Waals surface area (Å²) in [5.74, 6) is 1.21. The molecule has 0 nitrogen and oxygen atoms in total. The van der Waals surface area contributed by atoms with Gasteiger partial charge in [0.05, 0.1) is 0 Å². The minimum atomic E-state index is 0.0974. The quantitative estimate of drug-likeness (QED) is 0.458. The summed E-state index contributed by atoms with van der Waals surface area (Å²) >= 11 is 0. The molecule has 0 spiro atoms. The van der Waals surface area contributed by atoms with Crippen molar-refractivity contribution in [3.63, 3.8) is 0 Å². The van der Waals surface area contributed by atoms with Crippen molar-refractivity contribution in [2.75, 3.05) is 5.75 Å². The van der Waals surface area contributed by atoms with Crippen LogP contribution in [-0.4, -0.2) is 27.0 Å². The van der Waals surface area contributed by atoms with Gasteiger partial charge in [0, 0.05) is 0 Å². The molecule has 0 aliphatic rings. The molecule has 2 unspecified atom stereocenters. The molecule has 0 amide bonds. The third-order valence-electron chi connectivity index (χ3n) is 4.87. The zero-order valence-corrected chi connectivity index (χ0v) is 19.1. The molecule has 0 radical (unpaired) electrons. The molecular formula is C24H34S2. The minimum absolute atomic E-state index is 0.0974. The van der Waals surface area contributed by atoms with Gasteiger partial charge in [0.2, 0.25) is 0 Å². The molecule has 0 heterocycles. The summed E-state index contributed by atoms with van der Waals surface area (Å²) < 4.78 is 0. The van der Waals surface area contributed by atoms with Crippen LogP contribution in [0.25, 0.3) is 10.8 Å². The predicted octanol–water partition coefficient (Wildman–Crippen LogP) is 7.28. The van der Waals surface area contributed by atoms with Crippen LogP contribution in [-0.2, 0) is 0 Å². The van der Waals surface area contributed by atoms with Gasteiger partial charge in [0.15, 0.2) is 0 Å². The Labute approximate surface area is 165 Å². The Morgan fingerprint density at radius 2 is 1.35 bits per heavy atom. The van der Waals surface area contributed by atoms with Gasteiger partial charge < -0.3 is 0 Å². The first-order valence-electron chi connectivity index (χ1n) is 9.53. The molecule has 26 heavy (non-hydrogen) atoms. The van der Waals surface area contributed by atoms with E-state index in [1.807, 2.05) is 0 Å². The highest BCUT2D eigenvalue weighted by molar-refractivity contribution is 8.18. The highest BCUT2D eigenvalue weighted by atomic mass is 32.2. The van der Waals surface area contributed by atoms with Crippen LogP contribution in [0.15, 0.2) is 36.3 Å². The molecule has 0 N–H and O–H groups in total. The van der Waals surface area contributed by atoms with E-state index in [4.69, 9.17) is 0 Å². The molecule has 0 saturated carbocycles. The molecule has 2 atom stereocenters. The molecule has 2 aromatic carbocycles. The lowest BCUT2D eigenvalue weighted by Gasteiger charge is -2.15. The lowest BCUT2D eigenvalue weighted by molar-refractivity contribution is 1.11. The second-order valence-electron chi connectivity index (χ2n) is 7.43. The van der Waals surface area contributed by atoms with E-state index in [1.54, 1.807) is 0 Å². The van der Waals surface area contributed by atoms with Crippen LogP contribution in [0.5, 0.6) is 0 Å². The lowest BCUT2D eigenvalue weighted by Crippen LogP contribution is -2.00. The lowest BCUT2D eigenvalue weighted by atomic mass is 9.98. The number of aryl methyl sites for hydroxylation is 2. The maximum Gasteiger partial charge on any atom is -0.00211 e. The highest BCUT2D eigenvalue weighted by Gasteiger charge is 2.08. The van der Waals surface area contributed by atoms with Crippen molar-refractivity contribution in [1.29, 1.82) is 0 Å². The maximum absolute atomic E-state index is 4.07. The number of rotatable bonds is 6. The Morgan fingerprint density at radius 1 is 0.846 bits per heavy atom. The molecule has 2 heteroatoms. The van der Waals surface area contributed by atoms with Crippen molar-refractivity contribution < 1.29 is 0 Å². The van der Waals surface area contributed by atoms with E-state index < -0.39 is 0 Å². The van der Waals surface area contributed by atoms with Gasteiger partial charge in [0.1, 0.15) is 0 Å². The van der Waals surface area contributed by atoms with Crippen LogP contribution < -0.4 is 0 Å². The van der Waals surface area contributed by atoms with E-state index in [2.05, 4.69) is 95.5 Å². The van der Waals surface area contributed by atoms with Gasteiger partial charge in [-0.2, -0.15) is 21.0 Å². The first-order valence-corrected chi connectivity index (χ1v) is 12.5. The maximum atomic E-state index is 4.07. The Bertz CT molecular complexity index is 867. The zero-order chi connectivity index (χ0) is 19.4. The SMILES string of the molecule is C=CS(=Cc1cc2cc(C)c(C)cc2cc1C=S(CC)C(C)C)C(C)C. The minimum Gasteiger partial charge on any atom is -0.183 e. The van der Waals surface area contributed by atoms with Gasteiger partial charge in [-0.3, -0.25) is 0 Å². The molecule has 0 fully saturated rings. The molecule has 0 bridgehead atoms. The topological polar surface area (TPSA) is 0 Å². The fourth-order valence-electron chi connectivity index (χ4n) is 3.06. The van der Waals surface area contributed by atoms with Crippen LogP contribution in [0.4, 0.5) is 0 Å². The van der Waals surface area contributed by atoms with Crippen LogP contribution in [0.3, 0.4) is 0 Å². The van der Waals surface area contributed by atoms with E-state index in [0.29, 0.717) is 21.0 Å². The highest BCUT2D eigenvalue weighted by Crippen LogP contribution is 2.29. The van der Waals surface area contributed by atoms with Crippen LogP contribution in [0, 0.1) is 13.8 Å². The third kappa shape index (κ3) is 4.98. The second kappa shape index (κ2) is 9.19. The smallest absolute Gasteiger partial charge is 0.00211 e. The monoisotopic (exact) mass is 386 g/mol. The van der Waals surface area contributed by atoms with Gasteiger partial charge in [-0.15, -0.1) is 0 Å². The van der Waals surface area contributed by atoms with Gasteiger partial charge in [-0.1, -0.05) is 53.3 Å². The summed E-state index contributed by atoms with van der Waals surface area (Å²) in [6.07, 6.45) is 0. The Kier molecular flexibility index (Phi) is 7.49. The van der Waals surface area contributed by atoms with Crippen molar-refractivity contribution in [1.82, 2.24) is 0 Å². The van der Waals surface area contributed by atoms with Crippen LogP contribution in [0.1, 0.15) is 56.9 Å². The molecular weight excluding hydrogens is 352 g/mol. The van der Waals surface area contributed by atoms with E-state index in [0.717, 1.165) is 0 Å². The first kappa shape index (κ1) is 21.2. The third-order valence-corrected chi connectivity index (χ3v) is 9.31. The number of fused-ring (bicyclic) bond motifs is 1. The molecule has 2 aromatic rings. The number of benzene rings is 2. The normalized spacial score (nSPS) is 14.5. The van der Waals surface area contributed by atoms with Gasteiger partial charge in [0.25, 0.3) is 0 Å². The fraction of sp³-hybridized carbons (Fsp3) is 0.417. The first-order chi connectivity index (χ1) is 12.3. The molecule has 142 valence electrons. The van der Waals surface area contributed by atoms with Gasteiger partial charge >= 0.3 is 0 Å². The van der Waals surface area contributed by atoms with Crippen molar-refractivity contribution in [3.05, 3.63) is 58.5 Å². The Morgan fingerprint density at radius 3 is 1.73 bits per heavy atom. The fourth-order valence-corrected chi connectivity index (χ4v) is 5.94. The van der Waals surface area contributed by atoms with Gasteiger partial charge in [-0.25, -0.2) is 0 Å². The summed E-state index contributed by atoms with van der Waals surface area (Å²) in [6, 6.07) is 9.45. The van der Waals surface area contributed by atoms with Crippen molar-refractivity contribution in [2.45, 2.75) is 59.0 Å². The van der Waals surface area contributed by atoms with Gasteiger partial charge in [-0.05, 0) is 91.4 Å². The predicted molar refractivity (Wildman–Crippen MR) is 130 cm³/mol. The average molecular weight is 387 g/mol. The van der Waals surface area contributed by atoms with Crippen molar-refractivity contribution >= 4 is 42.5 Å². The van der Waals surface area contributed by atoms with E-state index in [1.165, 1.54) is 38.8 Å². The summed E-state index contributed by atoms with van der Waals surface area (Å²) in [6.45, 7) is 20.0. The summed E-state index contributed by atoms with van der Waals surface area (Å²) in [5.41, 5.74) is 5.48. The van der Waals surface area contributed by atoms with Crippen LogP contribution >= 0.6 is 21.0 Å². The van der Waals surface area contributed by atoms with Crippen molar-refractivity contribution in [2.24, 2.45) is 0 Å². The summed E-state index contributed by atoms with van der Waals surface area (Å²) in [7, 11) is 0.405. The molecule has 0 saturated heterocycles. The van der Waals surface area contributed by atoms with E-state index in [9.17, 15) is 0 Å². The second-order valence-corrected chi connectivity index (χ2v) is 12.5. The number of hydrogen-bond acceptors (Lipinski definition) is 0. The van der Waals surface area contributed by atoms with E-state index >= 15 is 0 Å². The molecule has 0 aliphatic heterocycles. The standard InChI is InChI=1S/C24H34S2/c1-9-25(17(3)4)15-23-13-21-11-19(7)20(8)12-22(21)14-24(23)16-26(10-2)18(5)6/h9,11-18H,1,10H2,2-8H3.